The topological polar surface area (TPSA) is 96.9 Å². The van der Waals surface area contributed by atoms with E-state index in [4.69, 9.17) is 4.98 Å². The van der Waals surface area contributed by atoms with Crippen molar-refractivity contribution < 1.29 is 9.59 Å². The van der Waals surface area contributed by atoms with Crippen LogP contribution >= 0.6 is 22.7 Å². The largest absolute Gasteiger partial charge is 0.352 e. The number of nitrogens with one attached hydrogen (secondary N) is 2. The minimum atomic E-state index is -0.172. The second-order valence-corrected chi connectivity index (χ2v) is 10.1. The molecular weight excluding hydrogens is 454 g/mol. The van der Waals surface area contributed by atoms with E-state index in [1.165, 1.54) is 29.6 Å². The smallest absolute Gasteiger partial charge is 0.267 e. The Morgan fingerprint density at radius 3 is 2.55 bits per heavy atom. The maximum atomic E-state index is 13.0. The van der Waals surface area contributed by atoms with Crippen LogP contribution in [-0.4, -0.2) is 26.8 Å². The van der Waals surface area contributed by atoms with Crippen LogP contribution < -0.4 is 10.6 Å². The van der Waals surface area contributed by atoms with E-state index in [0.29, 0.717) is 22.5 Å². The van der Waals surface area contributed by atoms with Gasteiger partial charge in [0.15, 0.2) is 5.13 Å². The molecule has 9 heteroatoms. The van der Waals surface area contributed by atoms with E-state index in [9.17, 15) is 9.59 Å². The number of nitrogens with zero attached hydrogens (tertiary/aromatic N) is 3. The van der Waals surface area contributed by atoms with Gasteiger partial charge in [-0.2, -0.15) is 0 Å². The Balaban J connectivity index is 1.33. The fourth-order valence-electron chi connectivity index (χ4n) is 3.74. The van der Waals surface area contributed by atoms with Gasteiger partial charge in [-0.3, -0.25) is 14.9 Å². The lowest BCUT2D eigenvalue weighted by atomic mass is 10.1. The van der Waals surface area contributed by atoms with Gasteiger partial charge in [0.1, 0.15) is 10.7 Å². The van der Waals surface area contributed by atoms with Gasteiger partial charge in [-0.15, -0.1) is 22.7 Å². The van der Waals surface area contributed by atoms with Crippen molar-refractivity contribution in [1.29, 1.82) is 0 Å². The average molecular weight is 478 g/mol. The van der Waals surface area contributed by atoms with Crippen molar-refractivity contribution in [1.82, 2.24) is 20.3 Å². The Kier molecular flexibility index (Phi) is 5.67. The molecule has 1 saturated carbocycles. The maximum absolute atomic E-state index is 13.0. The van der Waals surface area contributed by atoms with Gasteiger partial charge in [0.2, 0.25) is 5.91 Å². The fraction of sp³-hybridized carbons (Fsp3) is 0.292. The molecule has 0 spiro atoms. The number of aryl methyl sites for hydroxylation is 2. The Labute approximate surface area is 199 Å². The molecule has 0 aliphatic heterocycles. The third-order valence-electron chi connectivity index (χ3n) is 5.65. The molecule has 0 bridgehead atoms. The number of thiazole rings is 1. The predicted molar refractivity (Wildman–Crippen MR) is 132 cm³/mol. The Morgan fingerprint density at radius 2 is 1.85 bits per heavy atom. The van der Waals surface area contributed by atoms with E-state index in [-0.39, 0.29) is 11.8 Å². The van der Waals surface area contributed by atoms with Crippen LogP contribution in [0.3, 0.4) is 0 Å². The van der Waals surface area contributed by atoms with Crippen LogP contribution in [0.1, 0.15) is 58.0 Å². The highest BCUT2D eigenvalue weighted by Gasteiger charge is 2.28. The van der Waals surface area contributed by atoms with Crippen LogP contribution in [0.5, 0.6) is 0 Å². The first-order valence-corrected chi connectivity index (χ1v) is 12.5. The molecule has 1 aliphatic carbocycles. The summed E-state index contributed by atoms with van der Waals surface area (Å²) in [6.45, 7) is 5.94. The number of carbonyl (C=O) groups is 2. The molecule has 5 rings (SSSR count). The van der Waals surface area contributed by atoms with Gasteiger partial charge in [-0.1, -0.05) is 24.3 Å². The third-order valence-corrected chi connectivity index (χ3v) is 7.60. The monoisotopic (exact) mass is 477 g/mol. The summed E-state index contributed by atoms with van der Waals surface area (Å²) in [7, 11) is 0. The Hall–Kier alpha value is -3.17. The number of thiophene rings is 1. The Bertz CT molecular complexity index is 1370. The summed E-state index contributed by atoms with van der Waals surface area (Å²) in [6, 6.07) is 7.85. The van der Waals surface area contributed by atoms with E-state index >= 15 is 0 Å². The molecule has 2 amide bonds. The van der Waals surface area contributed by atoms with Crippen molar-refractivity contribution in [3.05, 3.63) is 57.2 Å². The van der Waals surface area contributed by atoms with E-state index in [2.05, 4.69) is 20.6 Å². The first kappa shape index (κ1) is 21.7. The highest BCUT2D eigenvalue weighted by atomic mass is 32.1. The lowest BCUT2D eigenvalue weighted by molar-refractivity contribution is -0.119. The van der Waals surface area contributed by atoms with Crippen molar-refractivity contribution in [2.75, 3.05) is 5.32 Å². The van der Waals surface area contributed by atoms with Crippen molar-refractivity contribution >= 4 is 49.8 Å². The first-order valence-electron chi connectivity index (χ1n) is 10.8. The molecule has 4 aromatic rings. The molecule has 1 aromatic carbocycles. The van der Waals surface area contributed by atoms with Gasteiger partial charge in [-0.05, 0) is 37.8 Å². The lowest BCUT2D eigenvalue weighted by Gasteiger charge is -2.03. The van der Waals surface area contributed by atoms with E-state index < -0.39 is 0 Å². The van der Waals surface area contributed by atoms with Crippen molar-refractivity contribution in [2.45, 2.75) is 46.1 Å². The summed E-state index contributed by atoms with van der Waals surface area (Å²) in [5, 5.41) is 9.19. The quantitative estimate of drug-likeness (QED) is 0.398. The van der Waals surface area contributed by atoms with Crippen molar-refractivity contribution in [3.63, 3.8) is 0 Å². The van der Waals surface area contributed by atoms with Crippen molar-refractivity contribution in [3.8, 4) is 11.3 Å². The molecule has 0 unspecified atom stereocenters. The predicted octanol–water partition coefficient (Wildman–Crippen LogP) is 5.20. The van der Waals surface area contributed by atoms with Crippen LogP contribution in [0, 0.1) is 13.8 Å². The van der Waals surface area contributed by atoms with Gasteiger partial charge >= 0.3 is 0 Å². The summed E-state index contributed by atoms with van der Waals surface area (Å²) in [5.41, 5.74) is 4.62. The molecular formula is C24H23N5O2S2. The summed E-state index contributed by atoms with van der Waals surface area (Å²) in [4.78, 5) is 39.6. The minimum absolute atomic E-state index is 0.0570. The van der Waals surface area contributed by atoms with Crippen molar-refractivity contribution in [2.24, 2.45) is 0 Å². The lowest BCUT2D eigenvalue weighted by Crippen LogP contribution is -2.18. The van der Waals surface area contributed by atoms with Crippen LogP contribution in [0.15, 0.2) is 29.6 Å². The second-order valence-electron chi connectivity index (χ2n) is 8.28. The number of amides is 2. The number of rotatable bonds is 6. The minimum Gasteiger partial charge on any atom is -0.352 e. The summed E-state index contributed by atoms with van der Waals surface area (Å²) in [5.74, 6) is 1.15. The zero-order valence-corrected chi connectivity index (χ0v) is 20.2. The Morgan fingerprint density at radius 1 is 1.09 bits per heavy atom. The number of fused-ring (bicyclic) bond motifs is 1. The normalized spacial score (nSPS) is 13.3. The van der Waals surface area contributed by atoms with Crippen LogP contribution in [0.2, 0.25) is 0 Å². The molecule has 1 aliphatic rings. The summed E-state index contributed by atoms with van der Waals surface area (Å²) < 4.78 is 0. The van der Waals surface area contributed by atoms with Crippen LogP contribution in [0.25, 0.3) is 21.5 Å². The number of benzene rings is 1. The van der Waals surface area contributed by atoms with Gasteiger partial charge in [0.05, 0.1) is 16.3 Å². The first-order chi connectivity index (χ1) is 15.9. The second kappa shape index (κ2) is 8.64. The summed E-state index contributed by atoms with van der Waals surface area (Å²) in [6.07, 6.45) is 2.29. The molecule has 7 nitrogen and oxygen atoms in total. The molecule has 3 aromatic heterocycles. The number of hydrogen-bond acceptors (Lipinski definition) is 7. The highest BCUT2D eigenvalue weighted by molar-refractivity contribution is 7.21. The molecule has 3 heterocycles. The highest BCUT2D eigenvalue weighted by Crippen LogP contribution is 2.40. The number of anilines is 1. The number of aromatic nitrogens is 3. The van der Waals surface area contributed by atoms with Gasteiger partial charge < -0.3 is 5.32 Å². The standard InChI is InChI=1S/C24H23N5O2S2/c1-12-19-13(2)26-21(17-8-9-17)28-23(19)33-20(12)22(31)29-24-27-18(11-32-24)16-6-4-15(5-7-16)10-25-14(3)30/h4-7,11,17H,8-10H2,1-3H3,(H,25,30)(H,27,29,31). The zero-order chi connectivity index (χ0) is 23.1. The summed E-state index contributed by atoms with van der Waals surface area (Å²) >= 11 is 2.81. The van der Waals surface area contributed by atoms with Crippen LogP contribution in [-0.2, 0) is 11.3 Å². The van der Waals surface area contributed by atoms with Gasteiger partial charge in [0, 0.05) is 35.7 Å². The SMILES string of the molecule is CC(=O)NCc1ccc(-c2csc(NC(=O)c3sc4nc(C5CC5)nc(C)c4c3C)n2)cc1. The van der Waals surface area contributed by atoms with Gasteiger partial charge in [0.25, 0.3) is 5.91 Å². The molecule has 0 radical (unpaired) electrons. The van der Waals surface area contributed by atoms with E-state index in [1.807, 2.05) is 43.5 Å². The van der Waals surface area contributed by atoms with E-state index in [1.54, 1.807) is 0 Å². The average Bonchev–Trinajstić information content (AvgIpc) is 3.45. The maximum Gasteiger partial charge on any atom is 0.267 e. The van der Waals surface area contributed by atoms with Crippen LogP contribution in [0.4, 0.5) is 5.13 Å². The molecule has 0 atom stereocenters. The third kappa shape index (κ3) is 4.51. The van der Waals surface area contributed by atoms with Gasteiger partial charge in [-0.25, -0.2) is 15.0 Å². The fourth-order valence-corrected chi connectivity index (χ4v) is 5.59. The molecule has 33 heavy (non-hydrogen) atoms. The number of hydrogen-bond donors (Lipinski definition) is 2. The van der Waals surface area contributed by atoms with E-state index in [0.717, 1.165) is 57.0 Å². The zero-order valence-electron chi connectivity index (χ0n) is 18.6. The number of carbonyl (C=O) groups excluding carboxylic acids is 2. The molecule has 2 N–H and O–H groups in total. The molecule has 168 valence electrons. The molecule has 0 saturated heterocycles. The molecule has 1 fully saturated rings.